The van der Waals surface area contributed by atoms with Gasteiger partial charge in [0.15, 0.2) is 0 Å². The Kier molecular flexibility index (Phi) is 3.56. The first-order chi connectivity index (χ1) is 7.66. The van der Waals surface area contributed by atoms with E-state index in [-0.39, 0.29) is 5.82 Å². The Labute approximate surface area is 96.5 Å². The number of halogens is 1. The molecule has 88 valence electrons. The highest BCUT2D eigenvalue weighted by Crippen LogP contribution is 2.15. The largest absolute Gasteiger partial charge is 0.314 e. The molecule has 1 aromatic carbocycles. The Bertz CT molecular complexity index is 365. The molecule has 3 heteroatoms. The molecule has 2 nitrogen and oxygen atoms in total. The third-order valence-electron chi connectivity index (χ3n) is 3.32. The minimum absolute atomic E-state index is 0.136. The van der Waals surface area contributed by atoms with Gasteiger partial charge in [-0.15, -0.1) is 0 Å². The topological polar surface area (TPSA) is 15.3 Å². The molecule has 0 aliphatic carbocycles. The number of piperazine rings is 1. The van der Waals surface area contributed by atoms with Crippen molar-refractivity contribution in [2.24, 2.45) is 0 Å². The van der Waals surface area contributed by atoms with Crippen molar-refractivity contribution in [2.45, 2.75) is 26.4 Å². The van der Waals surface area contributed by atoms with Gasteiger partial charge in [-0.2, -0.15) is 0 Å². The van der Waals surface area contributed by atoms with Crippen molar-refractivity contribution in [2.75, 3.05) is 19.6 Å². The normalized spacial score (nSPS) is 22.3. The van der Waals surface area contributed by atoms with E-state index in [2.05, 4.69) is 17.1 Å². The van der Waals surface area contributed by atoms with Crippen molar-refractivity contribution >= 4 is 0 Å². The molecule has 1 saturated heterocycles. The minimum Gasteiger partial charge on any atom is -0.314 e. The van der Waals surface area contributed by atoms with E-state index in [1.807, 2.05) is 13.0 Å². The van der Waals surface area contributed by atoms with Crippen LogP contribution in [0, 0.1) is 12.7 Å². The summed E-state index contributed by atoms with van der Waals surface area (Å²) in [5, 5.41) is 3.36. The van der Waals surface area contributed by atoms with E-state index >= 15 is 0 Å². The van der Waals surface area contributed by atoms with Crippen molar-refractivity contribution in [1.29, 1.82) is 0 Å². The van der Waals surface area contributed by atoms with Crippen LogP contribution in [0.3, 0.4) is 0 Å². The molecule has 0 radical (unpaired) electrons. The SMILES string of the molecule is Cc1ccc(F)cc1CN1CCNCC1C. The fraction of sp³-hybridized carbons (Fsp3) is 0.538. The standard InChI is InChI=1S/C13H19FN2/c1-10-3-4-13(14)7-12(10)9-16-6-5-15-8-11(16)2/h3-4,7,11,15H,5-6,8-9H2,1-2H3. The van der Waals surface area contributed by atoms with Crippen molar-refractivity contribution in [3.8, 4) is 0 Å². The zero-order valence-corrected chi connectivity index (χ0v) is 9.96. The lowest BCUT2D eigenvalue weighted by Crippen LogP contribution is -2.49. The van der Waals surface area contributed by atoms with Gasteiger partial charge in [-0.25, -0.2) is 4.39 Å². The second kappa shape index (κ2) is 4.93. The maximum absolute atomic E-state index is 13.2. The molecule has 1 atom stereocenters. The molecule has 0 amide bonds. The van der Waals surface area contributed by atoms with Gasteiger partial charge in [0.05, 0.1) is 0 Å². The molecular weight excluding hydrogens is 203 g/mol. The molecule has 1 aliphatic heterocycles. The molecule has 1 N–H and O–H groups in total. The Hall–Kier alpha value is -0.930. The van der Waals surface area contributed by atoms with Gasteiger partial charge in [0.1, 0.15) is 5.82 Å². The van der Waals surface area contributed by atoms with Gasteiger partial charge in [0, 0.05) is 32.2 Å². The molecule has 2 rings (SSSR count). The van der Waals surface area contributed by atoms with Gasteiger partial charge in [0.2, 0.25) is 0 Å². The zero-order valence-electron chi connectivity index (χ0n) is 9.96. The third-order valence-corrected chi connectivity index (χ3v) is 3.32. The summed E-state index contributed by atoms with van der Waals surface area (Å²) in [4.78, 5) is 2.40. The number of aryl methyl sites for hydroxylation is 1. The average Bonchev–Trinajstić information content (AvgIpc) is 2.27. The van der Waals surface area contributed by atoms with Crippen molar-refractivity contribution in [3.63, 3.8) is 0 Å². The summed E-state index contributed by atoms with van der Waals surface area (Å²) in [7, 11) is 0. The van der Waals surface area contributed by atoms with Crippen LogP contribution in [0.2, 0.25) is 0 Å². The maximum atomic E-state index is 13.2. The summed E-state index contributed by atoms with van der Waals surface area (Å²) in [6.45, 7) is 8.19. The minimum atomic E-state index is -0.136. The molecule has 0 saturated carbocycles. The van der Waals surface area contributed by atoms with E-state index in [4.69, 9.17) is 0 Å². The van der Waals surface area contributed by atoms with E-state index in [0.29, 0.717) is 6.04 Å². The van der Waals surface area contributed by atoms with Crippen molar-refractivity contribution in [1.82, 2.24) is 10.2 Å². The average molecular weight is 222 g/mol. The molecule has 0 bridgehead atoms. The summed E-state index contributed by atoms with van der Waals surface area (Å²) in [6, 6.07) is 5.57. The van der Waals surface area contributed by atoms with E-state index < -0.39 is 0 Å². The van der Waals surface area contributed by atoms with Gasteiger partial charge in [-0.3, -0.25) is 4.90 Å². The maximum Gasteiger partial charge on any atom is 0.123 e. The Balaban J connectivity index is 2.10. The van der Waals surface area contributed by atoms with Gasteiger partial charge >= 0.3 is 0 Å². The second-order valence-corrected chi connectivity index (χ2v) is 4.59. The predicted molar refractivity (Wildman–Crippen MR) is 63.9 cm³/mol. The fourth-order valence-electron chi connectivity index (χ4n) is 2.15. The van der Waals surface area contributed by atoms with E-state index in [9.17, 15) is 4.39 Å². The van der Waals surface area contributed by atoms with Crippen LogP contribution in [-0.4, -0.2) is 30.6 Å². The smallest absolute Gasteiger partial charge is 0.123 e. The third kappa shape index (κ3) is 2.60. The van der Waals surface area contributed by atoms with Gasteiger partial charge < -0.3 is 5.32 Å². The van der Waals surface area contributed by atoms with Crippen LogP contribution in [-0.2, 0) is 6.54 Å². The highest BCUT2D eigenvalue weighted by atomic mass is 19.1. The highest BCUT2D eigenvalue weighted by molar-refractivity contribution is 5.26. The van der Waals surface area contributed by atoms with Crippen LogP contribution in [0.5, 0.6) is 0 Å². The quantitative estimate of drug-likeness (QED) is 0.822. The van der Waals surface area contributed by atoms with Crippen LogP contribution in [0.1, 0.15) is 18.1 Å². The molecular formula is C13H19FN2. The number of nitrogens with zero attached hydrogens (tertiary/aromatic N) is 1. The molecule has 1 fully saturated rings. The first-order valence-corrected chi connectivity index (χ1v) is 5.86. The number of hydrogen-bond donors (Lipinski definition) is 1. The number of rotatable bonds is 2. The second-order valence-electron chi connectivity index (χ2n) is 4.59. The molecule has 0 aromatic heterocycles. The number of nitrogens with one attached hydrogen (secondary N) is 1. The van der Waals surface area contributed by atoms with Crippen molar-refractivity contribution < 1.29 is 4.39 Å². The molecule has 1 unspecified atom stereocenters. The summed E-state index contributed by atoms with van der Waals surface area (Å²) in [6.07, 6.45) is 0. The lowest BCUT2D eigenvalue weighted by Gasteiger charge is -2.34. The lowest BCUT2D eigenvalue weighted by molar-refractivity contribution is 0.165. The van der Waals surface area contributed by atoms with E-state index in [0.717, 1.165) is 31.7 Å². The van der Waals surface area contributed by atoms with Crippen LogP contribution in [0.15, 0.2) is 18.2 Å². The van der Waals surface area contributed by atoms with Gasteiger partial charge in [-0.05, 0) is 37.1 Å². The molecule has 1 aromatic rings. The summed E-state index contributed by atoms with van der Waals surface area (Å²) >= 11 is 0. The van der Waals surface area contributed by atoms with E-state index in [1.165, 1.54) is 11.6 Å². The zero-order chi connectivity index (χ0) is 11.5. The van der Waals surface area contributed by atoms with Crippen molar-refractivity contribution in [3.05, 3.63) is 35.1 Å². The van der Waals surface area contributed by atoms with Crippen LogP contribution >= 0.6 is 0 Å². The molecule has 1 aliphatic rings. The number of benzene rings is 1. The lowest BCUT2D eigenvalue weighted by atomic mass is 10.1. The first-order valence-electron chi connectivity index (χ1n) is 5.86. The predicted octanol–water partition coefficient (Wildman–Crippen LogP) is 1.93. The van der Waals surface area contributed by atoms with Gasteiger partial charge in [-0.1, -0.05) is 6.07 Å². The van der Waals surface area contributed by atoms with E-state index in [1.54, 1.807) is 6.07 Å². The van der Waals surface area contributed by atoms with Crippen LogP contribution in [0.4, 0.5) is 4.39 Å². The summed E-state index contributed by atoms with van der Waals surface area (Å²) in [5.74, 6) is -0.136. The Morgan fingerprint density at radius 2 is 2.31 bits per heavy atom. The number of hydrogen-bond acceptors (Lipinski definition) is 2. The fourth-order valence-corrected chi connectivity index (χ4v) is 2.15. The van der Waals surface area contributed by atoms with Crippen LogP contribution in [0.25, 0.3) is 0 Å². The molecule has 1 heterocycles. The molecule has 16 heavy (non-hydrogen) atoms. The molecule has 0 spiro atoms. The summed E-state index contributed by atoms with van der Waals surface area (Å²) < 4.78 is 13.2. The highest BCUT2D eigenvalue weighted by Gasteiger charge is 2.18. The first kappa shape index (κ1) is 11.6. The summed E-state index contributed by atoms with van der Waals surface area (Å²) in [5.41, 5.74) is 2.28. The monoisotopic (exact) mass is 222 g/mol. The Morgan fingerprint density at radius 1 is 1.50 bits per heavy atom. The van der Waals surface area contributed by atoms with Gasteiger partial charge in [0.25, 0.3) is 0 Å². The Morgan fingerprint density at radius 3 is 3.06 bits per heavy atom. The van der Waals surface area contributed by atoms with Crippen LogP contribution < -0.4 is 5.32 Å².